The highest BCUT2D eigenvalue weighted by Crippen LogP contribution is 2.28. The van der Waals surface area contributed by atoms with E-state index in [1.165, 1.54) is 36.7 Å². The maximum atomic E-state index is 13.2. The van der Waals surface area contributed by atoms with Gasteiger partial charge in [0.15, 0.2) is 6.61 Å². The van der Waals surface area contributed by atoms with E-state index in [4.69, 9.17) is 9.47 Å². The van der Waals surface area contributed by atoms with Gasteiger partial charge in [-0.3, -0.25) is 4.79 Å². The van der Waals surface area contributed by atoms with E-state index in [2.05, 4.69) is 0 Å². The van der Waals surface area contributed by atoms with E-state index in [0.717, 1.165) is 24.8 Å². The van der Waals surface area contributed by atoms with Gasteiger partial charge in [-0.25, -0.2) is 13.2 Å². The number of piperidine rings is 1. The first kappa shape index (κ1) is 23.7. The summed E-state index contributed by atoms with van der Waals surface area (Å²) in [5, 5.41) is 0. The predicted octanol–water partition coefficient (Wildman–Crippen LogP) is 2.69. The molecule has 1 heterocycles. The van der Waals surface area contributed by atoms with Crippen molar-refractivity contribution in [2.75, 3.05) is 33.9 Å². The Labute approximate surface area is 188 Å². The van der Waals surface area contributed by atoms with Gasteiger partial charge in [-0.05, 0) is 43.0 Å². The Kier molecular flexibility index (Phi) is 7.87. The van der Waals surface area contributed by atoms with Crippen LogP contribution in [-0.2, 0) is 26.1 Å². The molecule has 0 aromatic heterocycles. The number of likely N-dealkylation sites (tertiary alicyclic amines) is 1. The Hall–Kier alpha value is -2.91. The number of carbonyl (C=O) groups excluding carboxylic acids is 2. The number of ether oxygens (including phenoxy) is 2. The van der Waals surface area contributed by atoms with Crippen LogP contribution >= 0.6 is 0 Å². The number of carbonyl (C=O) groups is 2. The number of rotatable bonds is 8. The second-order valence-electron chi connectivity index (χ2n) is 7.63. The first-order valence-electron chi connectivity index (χ1n) is 10.5. The van der Waals surface area contributed by atoms with E-state index < -0.39 is 16.0 Å². The van der Waals surface area contributed by atoms with Gasteiger partial charge in [0.25, 0.3) is 5.91 Å². The number of hydrogen-bond acceptors (Lipinski definition) is 6. The number of sulfonamides is 1. The van der Waals surface area contributed by atoms with Crippen LogP contribution < -0.4 is 4.74 Å². The van der Waals surface area contributed by atoms with Gasteiger partial charge in [0.1, 0.15) is 10.6 Å². The van der Waals surface area contributed by atoms with E-state index in [-0.39, 0.29) is 35.3 Å². The average Bonchev–Trinajstić information content (AvgIpc) is 2.83. The van der Waals surface area contributed by atoms with Gasteiger partial charge in [-0.15, -0.1) is 0 Å². The third kappa shape index (κ3) is 5.66. The Morgan fingerprint density at radius 1 is 1.03 bits per heavy atom. The fourth-order valence-electron chi connectivity index (χ4n) is 3.54. The maximum absolute atomic E-state index is 13.2. The lowest BCUT2D eigenvalue weighted by atomic mass is 10.1. The molecule has 0 unspecified atom stereocenters. The predicted molar refractivity (Wildman–Crippen MR) is 119 cm³/mol. The molecule has 0 N–H and O–H groups in total. The largest absolute Gasteiger partial charge is 0.495 e. The molecule has 1 saturated heterocycles. The minimum atomic E-state index is -3.96. The lowest BCUT2D eigenvalue weighted by Gasteiger charge is -2.26. The minimum Gasteiger partial charge on any atom is -0.495 e. The highest BCUT2D eigenvalue weighted by atomic mass is 32.2. The van der Waals surface area contributed by atoms with Gasteiger partial charge < -0.3 is 14.4 Å². The molecule has 3 rings (SSSR count). The van der Waals surface area contributed by atoms with E-state index in [1.807, 2.05) is 30.3 Å². The maximum Gasteiger partial charge on any atom is 0.338 e. The third-order valence-corrected chi connectivity index (χ3v) is 7.20. The lowest BCUT2D eigenvalue weighted by molar-refractivity contribution is -0.135. The van der Waals surface area contributed by atoms with Crippen molar-refractivity contribution in [1.82, 2.24) is 9.21 Å². The summed E-state index contributed by atoms with van der Waals surface area (Å²) in [7, 11) is -1.13. The van der Waals surface area contributed by atoms with Crippen molar-refractivity contribution in [3.05, 3.63) is 59.7 Å². The first-order chi connectivity index (χ1) is 15.3. The smallest absolute Gasteiger partial charge is 0.338 e. The normalized spacial score (nSPS) is 14.3. The monoisotopic (exact) mass is 460 g/mol. The number of benzene rings is 2. The summed E-state index contributed by atoms with van der Waals surface area (Å²) in [5.74, 6) is -0.895. The lowest BCUT2D eigenvalue weighted by Crippen LogP contribution is -2.38. The standard InChI is InChI=1S/C23H28N2O6S/c1-24(16-18-9-5-3-6-10-18)32(28,29)21-15-19(11-12-20(21)30-2)23(27)31-17-22(26)25-13-7-4-8-14-25/h3,5-6,9-12,15H,4,7-8,13-14,16-17H2,1-2H3. The molecule has 8 nitrogen and oxygen atoms in total. The van der Waals surface area contributed by atoms with Crippen LogP contribution in [0.4, 0.5) is 0 Å². The van der Waals surface area contributed by atoms with Crippen LogP contribution in [0.1, 0.15) is 35.2 Å². The number of nitrogens with zero attached hydrogens (tertiary/aromatic N) is 2. The molecule has 0 bridgehead atoms. The summed E-state index contributed by atoms with van der Waals surface area (Å²) in [4.78, 5) is 26.3. The Balaban J connectivity index is 1.75. The highest BCUT2D eigenvalue weighted by molar-refractivity contribution is 7.89. The molecular weight excluding hydrogens is 432 g/mol. The molecule has 2 aromatic carbocycles. The van der Waals surface area contributed by atoms with Gasteiger partial charge in [0.2, 0.25) is 10.0 Å². The van der Waals surface area contributed by atoms with Crippen molar-refractivity contribution in [2.45, 2.75) is 30.7 Å². The van der Waals surface area contributed by atoms with Gasteiger partial charge in [0.05, 0.1) is 12.7 Å². The number of amides is 1. The van der Waals surface area contributed by atoms with Crippen LogP contribution in [-0.4, -0.2) is 63.4 Å². The Bertz CT molecular complexity index is 1050. The Morgan fingerprint density at radius 3 is 2.38 bits per heavy atom. The van der Waals surface area contributed by atoms with Crippen LogP contribution in [0.25, 0.3) is 0 Å². The molecule has 1 aliphatic heterocycles. The van der Waals surface area contributed by atoms with Crippen LogP contribution in [0.2, 0.25) is 0 Å². The second kappa shape index (κ2) is 10.6. The summed E-state index contributed by atoms with van der Waals surface area (Å²) in [6.07, 6.45) is 2.97. The number of methoxy groups -OCH3 is 1. The van der Waals surface area contributed by atoms with Gasteiger partial charge in [-0.2, -0.15) is 4.31 Å². The molecule has 9 heteroatoms. The van der Waals surface area contributed by atoms with E-state index in [9.17, 15) is 18.0 Å². The van der Waals surface area contributed by atoms with Gasteiger partial charge in [0, 0.05) is 26.7 Å². The van der Waals surface area contributed by atoms with E-state index in [0.29, 0.717) is 13.1 Å². The molecule has 1 amide bonds. The molecule has 32 heavy (non-hydrogen) atoms. The Morgan fingerprint density at radius 2 is 1.72 bits per heavy atom. The van der Waals surface area contributed by atoms with Crippen LogP contribution in [0, 0.1) is 0 Å². The average molecular weight is 461 g/mol. The van der Waals surface area contributed by atoms with E-state index in [1.54, 1.807) is 4.90 Å². The molecule has 0 radical (unpaired) electrons. The van der Waals surface area contributed by atoms with E-state index >= 15 is 0 Å². The summed E-state index contributed by atoms with van der Waals surface area (Å²) in [6.45, 7) is 1.11. The third-order valence-electron chi connectivity index (χ3n) is 5.37. The molecule has 0 aliphatic carbocycles. The summed E-state index contributed by atoms with van der Waals surface area (Å²) >= 11 is 0. The SMILES string of the molecule is COc1ccc(C(=O)OCC(=O)N2CCCCC2)cc1S(=O)(=O)N(C)Cc1ccccc1. The quantitative estimate of drug-likeness (QED) is 0.563. The van der Waals surface area contributed by atoms with Crippen LogP contribution in [0.15, 0.2) is 53.4 Å². The fraction of sp³-hybridized carbons (Fsp3) is 0.391. The zero-order chi connectivity index (χ0) is 23.1. The van der Waals surface area contributed by atoms with Crippen molar-refractivity contribution < 1.29 is 27.5 Å². The molecule has 1 fully saturated rings. The number of hydrogen-bond donors (Lipinski definition) is 0. The van der Waals surface area contributed by atoms with Crippen molar-refractivity contribution in [1.29, 1.82) is 0 Å². The summed E-state index contributed by atoms with van der Waals surface area (Å²) in [6, 6.07) is 13.2. The zero-order valence-electron chi connectivity index (χ0n) is 18.3. The summed E-state index contributed by atoms with van der Waals surface area (Å²) in [5.41, 5.74) is 0.855. The zero-order valence-corrected chi connectivity index (χ0v) is 19.1. The molecule has 0 saturated carbocycles. The highest BCUT2D eigenvalue weighted by Gasteiger charge is 2.27. The minimum absolute atomic E-state index is 0.0314. The topological polar surface area (TPSA) is 93.2 Å². The number of esters is 1. The van der Waals surface area contributed by atoms with Crippen molar-refractivity contribution in [2.24, 2.45) is 0 Å². The molecule has 172 valence electrons. The molecular formula is C23H28N2O6S. The van der Waals surface area contributed by atoms with Crippen molar-refractivity contribution in [3.8, 4) is 5.75 Å². The van der Waals surface area contributed by atoms with Crippen molar-refractivity contribution in [3.63, 3.8) is 0 Å². The molecule has 0 spiro atoms. The molecule has 0 atom stereocenters. The molecule has 2 aromatic rings. The van der Waals surface area contributed by atoms with Crippen LogP contribution in [0.5, 0.6) is 5.75 Å². The van der Waals surface area contributed by atoms with Crippen molar-refractivity contribution >= 4 is 21.9 Å². The fourth-order valence-corrected chi connectivity index (χ4v) is 4.88. The first-order valence-corrected chi connectivity index (χ1v) is 11.9. The molecule has 1 aliphatic rings. The van der Waals surface area contributed by atoms with Crippen LogP contribution in [0.3, 0.4) is 0 Å². The van der Waals surface area contributed by atoms with Gasteiger partial charge in [-0.1, -0.05) is 30.3 Å². The summed E-state index contributed by atoms with van der Waals surface area (Å²) < 4.78 is 38.0. The van der Waals surface area contributed by atoms with Gasteiger partial charge >= 0.3 is 5.97 Å². The second-order valence-corrected chi connectivity index (χ2v) is 9.64.